The molecule has 1 atom stereocenters. The molecule has 0 amide bonds. The zero-order valence-corrected chi connectivity index (χ0v) is 20.4. The van der Waals surface area contributed by atoms with E-state index in [1.165, 1.54) is 12.8 Å². The van der Waals surface area contributed by atoms with Gasteiger partial charge in [0.2, 0.25) is 5.95 Å². The molecule has 3 aromatic rings. The van der Waals surface area contributed by atoms with Crippen molar-refractivity contribution in [1.29, 1.82) is 0 Å². The summed E-state index contributed by atoms with van der Waals surface area (Å²) in [4.78, 5) is 18.2. The van der Waals surface area contributed by atoms with Crippen LogP contribution in [0.3, 0.4) is 0 Å². The standard InChI is InChI=1S/C27H33N3O4/c1-5-6-7-8-11-16-34-26(31)24-18(2)28-27-29-21-12-9-10-13-22(21)30(27)25(24)20-17-19(32-3)14-15-23(20)33-4/h9-10,12-15,17,25H,5-8,11,16H2,1-4H3,(H,28,29)/t25-/m1/s1. The molecule has 0 aliphatic carbocycles. The Morgan fingerprint density at radius 1 is 1.06 bits per heavy atom. The molecule has 0 fully saturated rings. The predicted octanol–water partition coefficient (Wildman–Crippen LogP) is 5.86. The van der Waals surface area contributed by atoms with Gasteiger partial charge in [-0.1, -0.05) is 44.7 Å². The van der Waals surface area contributed by atoms with E-state index in [1.807, 2.05) is 54.0 Å². The summed E-state index contributed by atoms with van der Waals surface area (Å²) >= 11 is 0. The fourth-order valence-electron chi connectivity index (χ4n) is 4.52. The molecule has 0 saturated heterocycles. The summed E-state index contributed by atoms with van der Waals surface area (Å²) in [6, 6.07) is 13.0. The Labute approximate surface area is 200 Å². The Morgan fingerprint density at radius 3 is 2.62 bits per heavy atom. The minimum absolute atomic E-state index is 0.334. The van der Waals surface area contributed by atoms with Crippen molar-refractivity contribution in [1.82, 2.24) is 9.55 Å². The number of aromatic nitrogens is 2. The first-order valence-corrected chi connectivity index (χ1v) is 11.9. The smallest absolute Gasteiger partial charge is 0.338 e. The highest BCUT2D eigenvalue weighted by molar-refractivity contribution is 5.94. The Morgan fingerprint density at radius 2 is 1.85 bits per heavy atom. The van der Waals surface area contributed by atoms with Crippen LogP contribution in [0.5, 0.6) is 11.5 Å². The number of hydrogen-bond donors (Lipinski definition) is 1. The van der Waals surface area contributed by atoms with Gasteiger partial charge in [0.15, 0.2) is 0 Å². The molecule has 0 unspecified atom stereocenters. The first kappa shape index (κ1) is 23.7. The molecule has 7 nitrogen and oxygen atoms in total. The van der Waals surface area contributed by atoms with Crippen molar-refractivity contribution < 1.29 is 19.0 Å². The van der Waals surface area contributed by atoms with E-state index >= 15 is 0 Å². The number of ether oxygens (including phenoxy) is 3. The van der Waals surface area contributed by atoms with Gasteiger partial charge in [-0.15, -0.1) is 0 Å². The molecule has 180 valence electrons. The average molecular weight is 464 g/mol. The van der Waals surface area contributed by atoms with E-state index in [4.69, 9.17) is 19.2 Å². The number of esters is 1. The number of imidazole rings is 1. The number of rotatable bonds is 10. The second-order valence-electron chi connectivity index (χ2n) is 8.52. The maximum absolute atomic E-state index is 13.5. The zero-order chi connectivity index (χ0) is 24.1. The van der Waals surface area contributed by atoms with Crippen LogP contribution < -0.4 is 14.8 Å². The van der Waals surface area contributed by atoms with Crippen molar-refractivity contribution in [2.75, 3.05) is 26.1 Å². The summed E-state index contributed by atoms with van der Waals surface area (Å²) < 4.78 is 19.0. The van der Waals surface area contributed by atoms with Crippen LogP contribution in [0, 0.1) is 0 Å². The largest absolute Gasteiger partial charge is 0.497 e. The molecular formula is C27H33N3O4. The third-order valence-electron chi connectivity index (χ3n) is 6.26. The summed E-state index contributed by atoms with van der Waals surface area (Å²) in [5, 5.41) is 3.32. The SMILES string of the molecule is CCCCCCCOC(=O)C1=C(C)Nc2nc3ccccc3n2[C@@H]1c1cc(OC)ccc1OC. The molecule has 2 aromatic carbocycles. The number of allylic oxidation sites excluding steroid dienone is 1. The lowest BCUT2D eigenvalue weighted by molar-refractivity contribution is -0.139. The third-order valence-corrected chi connectivity index (χ3v) is 6.26. The Bertz CT molecular complexity index is 1200. The number of hydrogen-bond acceptors (Lipinski definition) is 6. The Balaban J connectivity index is 1.76. The average Bonchev–Trinajstić information content (AvgIpc) is 3.22. The van der Waals surface area contributed by atoms with Crippen LogP contribution in [0.25, 0.3) is 11.0 Å². The topological polar surface area (TPSA) is 74.6 Å². The predicted molar refractivity (Wildman–Crippen MR) is 133 cm³/mol. The highest BCUT2D eigenvalue weighted by Crippen LogP contribution is 2.43. The zero-order valence-electron chi connectivity index (χ0n) is 20.4. The van der Waals surface area contributed by atoms with Crippen LogP contribution in [0.4, 0.5) is 5.95 Å². The second kappa shape index (κ2) is 10.6. The first-order chi connectivity index (χ1) is 16.6. The van der Waals surface area contributed by atoms with Gasteiger partial charge in [0.25, 0.3) is 0 Å². The van der Waals surface area contributed by atoms with Crippen LogP contribution in [-0.2, 0) is 9.53 Å². The van der Waals surface area contributed by atoms with Gasteiger partial charge < -0.3 is 19.5 Å². The summed E-state index contributed by atoms with van der Waals surface area (Å²) in [6.45, 7) is 4.48. The highest BCUT2D eigenvalue weighted by Gasteiger charge is 2.36. The molecule has 1 aliphatic heterocycles. The number of nitrogens with one attached hydrogen (secondary N) is 1. The summed E-state index contributed by atoms with van der Waals surface area (Å²) in [7, 11) is 3.26. The van der Waals surface area contributed by atoms with Crippen molar-refractivity contribution in [3.8, 4) is 11.5 Å². The number of methoxy groups -OCH3 is 2. The maximum atomic E-state index is 13.5. The molecule has 0 radical (unpaired) electrons. The van der Waals surface area contributed by atoms with Crippen molar-refractivity contribution in [2.24, 2.45) is 0 Å². The molecule has 0 bridgehead atoms. The number of para-hydroxylation sites is 2. The van der Waals surface area contributed by atoms with Crippen molar-refractivity contribution in [3.63, 3.8) is 0 Å². The van der Waals surface area contributed by atoms with E-state index in [9.17, 15) is 4.79 Å². The molecule has 1 aromatic heterocycles. The van der Waals surface area contributed by atoms with Gasteiger partial charge in [-0.25, -0.2) is 9.78 Å². The third kappa shape index (κ3) is 4.60. The minimum atomic E-state index is -0.485. The van der Waals surface area contributed by atoms with Crippen LogP contribution in [0.15, 0.2) is 53.7 Å². The quantitative estimate of drug-likeness (QED) is 0.300. The fourth-order valence-corrected chi connectivity index (χ4v) is 4.52. The van der Waals surface area contributed by atoms with Crippen molar-refractivity contribution >= 4 is 23.0 Å². The number of carbonyl (C=O) groups is 1. The van der Waals surface area contributed by atoms with E-state index in [0.717, 1.165) is 35.9 Å². The van der Waals surface area contributed by atoms with Gasteiger partial charge in [-0.3, -0.25) is 4.57 Å². The highest BCUT2D eigenvalue weighted by atomic mass is 16.5. The minimum Gasteiger partial charge on any atom is -0.497 e. The van der Waals surface area contributed by atoms with Gasteiger partial charge in [-0.05, 0) is 43.7 Å². The lowest BCUT2D eigenvalue weighted by Gasteiger charge is -2.31. The lowest BCUT2D eigenvalue weighted by Crippen LogP contribution is -2.29. The van der Waals surface area contributed by atoms with Crippen molar-refractivity contribution in [2.45, 2.75) is 52.0 Å². The second-order valence-corrected chi connectivity index (χ2v) is 8.52. The molecule has 7 heteroatoms. The number of carbonyl (C=O) groups excluding carboxylic acids is 1. The van der Waals surface area contributed by atoms with E-state index in [2.05, 4.69) is 12.2 Å². The number of fused-ring (bicyclic) bond motifs is 3. The molecule has 0 spiro atoms. The van der Waals surface area contributed by atoms with Gasteiger partial charge in [-0.2, -0.15) is 0 Å². The van der Waals surface area contributed by atoms with Gasteiger partial charge in [0.1, 0.15) is 11.5 Å². The summed E-state index contributed by atoms with van der Waals surface area (Å²) in [6.07, 6.45) is 5.46. The fraction of sp³-hybridized carbons (Fsp3) is 0.407. The molecule has 34 heavy (non-hydrogen) atoms. The number of anilines is 1. The number of unbranched alkanes of at least 4 members (excludes halogenated alkanes) is 4. The van der Waals surface area contributed by atoms with Gasteiger partial charge in [0, 0.05) is 11.3 Å². The molecule has 1 aliphatic rings. The van der Waals surface area contributed by atoms with E-state index in [0.29, 0.717) is 35.3 Å². The lowest BCUT2D eigenvalue weighted by atomic mass is 9.94. The van der Waals surface area contributed by atoms with Gasteiger partial charge in [0.05, 0.1) is 43.5 Å². The summed E-state index contributed by atoms with van der Waals surface area (Å²) in [5.41, 5.74) is 3.82. The van der Waals surface area contributed by atoms with E-state index in [1.54, 1.807) is 14.2 Å². The normalized spacial score (nSPS) is 15.1. The van der Waals surface area contributed by atoms with E-state index < -0.39 is 6.04 Å². The molecule has 2 heterocycles. The Hall–Kier alpha value is -3.48. The van der Waals surface area contributed by atoms with Crippen LogP contribution >= 0.6 is 0 Å². The first-order valence-electron chi connectivity index (χ1n) is 11.9. The molecule has 1 N–H and O–H groups in total. The van der Waals surface area contributed by atoms with E-state index in [-0.39, 0.29) is 5.97 Å². The van der Waals surface area contributed by atoms with Crippen LogP contribution in [-0.4, -0.2) is 36.3 Å². The molecule has 0 saturated carbocycles. The molecular weight excluding hydrogens is 430 g/mol. The van der Waals surface area contributed by atoms with Crippen LogP contribution in [0.2, 0.25) is 0 Å². The van der Waals surface area contributed by atoms with Gasteiger partial charge >= 0.3 is 5.97 Å². The monoisotopic (exact) mass is 463 g/mol. The number of benzene rings is 2. The summed E-state index contributed by atoms with van der Waals surface area (Å²) in [5.74, 6) is 1.68. The maximum Gasteiger partial charge on any atom is 0.338 e. The number of nitrogens with zero attached hydrogens (tertiary/aromatic N) is 2. The van der Waals surface area contributed by atoms with Crippen molar-refractivity contribution in [3.05, 3.63) is 59.3 Å². The molecule has 4 rings (SSSR count). The Kier molecular flexibility index (Phi) is 7.40. The van der Waals surface area contributed by atoms with Crippen LogP contribution in [0.1, 0.15) is 57.6 Å².